The van der Waals surface area contributed by atoms with Gasteiger partial charge in [-0.2, -0.15) is 0 Å². The molecule has 98 valence electrons. The monoisotopic (exact) mass is 248 g/mol. The molecule has 4 nitrogen and oxygen atoms in total. The third kappa shape index (κ3) is 2.82. The maximum atomic E-state index is 11.5. The SMILES string of the molecule is CC(CCN)Cc1ccc2c(c1)NC(=O)C(C)O2. The zero-order valence-electron chi connectivity index (χ0n) is 10.9. The van der Waals surface area contributed by atoms with Crippen LogP contribution in [0.1, 0.15) is 25.8 Å². The summed E-state index contributed by atoms with van der Waals surface area (Å²) in [5.41, 5.74) is 7.53. The van der Waals surface area contributed by atoms with Crippen molar-refractivity contribution in [2.75, 3.05) is 11.9 Å². The van der Waals surface area contributed by atoms with Crippen molar-refractivity contribution in [3.63, 3.8) is 0 Å². The Bertz CT molecular complexity index is 445. The molecule has 0 aromatic heterocycles. The van der Waals surface area contributed by atoms with E-state index in [1.165, 1.54) is 5.56 Å². The molecular weight excluding hydrogens is 228 g/mol. The van der Waals surface area contributed by atoms with Crippen molar-refractivity contribution in [2.45, 2.75) is 32.8 Å². The predicted molar refractivity (Wildman–Crippen MR) is 71.7 cm³/mol. The van der Waals surface area contributed by atoms with E-state index in [9.17, 15) is 4.79 Å². The normalized spacial score (nSPS) is 19.7. The van der Waals surface area contributed by atoms with Crippen molar-refractivity contribution >= 4 is 11.6 Å². The Morgan fingerprint density at radius 3 is 3.00 bits per heavy atom. The van der Waals surface area contributed by atoms with Crippen molar-refractivity contribution in [3.05, 3.63) is 23.8 Å². The zero-order valence-corrected chi connectivity index (χ0v) is 10.9. The minimum absolute atomic E-state index is 0.0883. The highest BCUT2D eigenvalue weighted by molar-refractivity contribution is 5.97. The number of rotatable bonds is 4. The lowest BCUT2D eigenvalue weighted by molar-refractivity contribution is -0.122. The minimum atomic E-state index is -0.417. The zero-order chi connectivity index (χ0) is 13.1. The second-order valence-electron chi connectivity index (χ2n) is 4.97. The van der Waals surface area contributed by atoms with E-state index in [4.69, 9.17) is 10.5 Å². The lowest BCUT2D eigenvalue weighted by Gasteiger charge is -2.24. The van der Waals surface area contributed by atoms with Crippen molar-refractivity contribution < 1.29 is 9.53 Å². The topological polar surface area (TPSA) is 64.3 Å². The van der Waals surface area contributed by atoms with Gasteiger partial charge in [0.2, 0.25) is 0 Å². The smallest absolute Gasteiger partial charge is 0.265 e. The van der Waals surface area contributed by atoms with Gasteiger partial charge in [-0.3, -0.25) is 4.79 Å². The molecule has 0 fully saturated rings. The molecule has 0 spiro atoms. The average molecular weight is 248 g/mol. The van der Waals surface area contributed by atoms with Crippen LogP contribution in [0.4, 0.5) is 5.69 Å². The summed E-state index contributed by atoms with van der Waals surface area (Å²) in [6, 6.07) is 5.97. The first-order valence-corrected chi connectivity index (χ1v) is 6.40. The van der Waals surface area contributed by atoms with Crippen LogP contribution in [0.2, 0.25) is 0 Å². The Hall–Kier alpha value is -1.55. The number of anilines is 1. The summed E-state index contributed by atoms with van der Waals surface area (Å²) in [4.78, 5) is 11.5. The van der Waals surface area contributed by atoms with Crippen LogP contribution < -0.4 is 15.8 Å². The third-order valence-corrected chi connectivity index (χ3v) is 3.22. The fourth-order valence-corrected chi connectivity index (χ4v) is 2.17. The van der Waals surface area contributed by atoms with Gasteiger partial charge in [0.25, 0.3) is 5.91 Å². The Morgan fingerprint density at radius 1 is 1.50 bits per heavy atom. The largest absolute Gasteiger partial charge is 0.479 e. The van der Waals surface area contributed by atoms with Gasteiger partial charge in [-0.15, -0.1) is 0 Å². The van der Waals surface area contributed by atoms with Crippen molar-refractivity contribution in [1.82, 2.24) is 0 Å². The van der Waals surface area contributed by atoms with Gasteiger partial charge in [0.15, 0.2) is 6.10 Å². The Balaban J connectivity index is 2.12. The van der Waals surface area contributed by atoms with E-state index in [1.54, 1.807) is 6.92 Å². The fourth-order valence-electron chi connectivity index (χ4n) is 2.17. The molecule has 0 aliphatic carbocycles. The third-order valence-electron chi connectivity index (χ3n) is 3.22. The standard InChI is InChI=1S/C14H20N2O2/c1-9(5-6-15)7-11-3-4-13-12(8-11)16-14(17)10(2)18-13/h3-4,8-10H,5-7,15H2,1-2H3,(H,16,17). The summed E-state index contributed by atoms with van der Waals surface area (Å²) in [7, 11) is 0. The second kappa shape index (κ2) is 5.40. The van der Waals surface area contributed by atoms with Gasteiger partial charge in [-0.25, -0.2) is 0 Å². The summed E-state index contributed by atoms with van der Waals surface area (Å²) in [5, 5.41) is 2.87. The molecule has 2 rings (SSSR count). The maximum Gasteiger partial charge on any atom is 0.265 e. The van der Waals surface area contributed by atoms with Crippen molar-refractivity contribution in [2.24, 2.45) is 11.7 Å². The Labute approximate surface area is 108 Å². The Kier molecular flexibility index (Phi) is 3.87. The molecule has 1 heterocycles. The van der Waals surface area contributed by atoms with Crippen LogP contribution in [-0.4, -0.2) is 18.6 Å². The number of carbonyl (C=O) groups excluding carboxylic acids is 1. The lowest BCUT2D eigenvalue weighted by Crippen LogP contribution is -2.34. The van der Waals surface area contributed by atoms with Crippen molar-refractivity contribution in [1.29, 1.82) is 0 Å². The van der Waals surface area contributed by atoms with E-state index < -0.39 is 6.10 Å². The summed E-state index contributed by atoms with van der Waals surface area (Å²) in [6.07, 6.45) is 1.56. The van der Waals surface area contributed by atoms with Gasteiger partial charge in [0.05, 0.1) is 5.69 Å². The van der Waals surface area contributed by atoms with Crippen LogP contribution in [0.25, 0.3) is 0 Å². The van der Waals surface area contributed by atoms with Crippen LogP contribution in [0, 0.1) is 5.92 Å². The summed E-state index contributed by atoms with van der Waals surface area (Å²) < 4.78 is 5.52. The van der Waals surface area contributed by atoms with E-state index in [0.717, 1.165) is 24.3 Å². The first-order chi connectivity index (χ1) is 8.60. The van der Waals surface area contributed by atoms with Gasteiger partial charge in [0.1, 0.15) is 5.75 Å². The molecule has 0 saturated carbocycles. The molecule has 18 heavy (non-hydrogen) atoms. The molecule has 0 saturated heterocycles. The number of nitrogens with two attached hydrogens (primary N) is 1. The Morgan fingerprint density at radius 2 is 2.28 bits per heavy atom. The first-order valence-electron chi connectivity index (χ1n) is 6.40. The van der Waals surface area contributed by atoms with E-state index in [1.807, 2.05) is 12.1 Å². The molecular formula is C14H20N2O2. The highest BCUT2D eigenvalue weighted by Gasteiger charge is 2.23. The maximum absolute atomic E-state index is 11.5. The predicted octanol–water partition coefficient (Wildman–Crippen LogP) is 1.93. The molecule has 0 radical (unpaired) electrons. The van der Waals surface area contributed by atoms with Crippen molar-refractivity contribution in [3.8, 4) is 5.75 Å². The minimum Gasteiger partial charge on any atom is -0.479 e. The van der Waals surface area contributed by atoms with E-state index >= 15 is 0 Å². The molecule has 1 aliphatic heterocycles. The number of hydrogen-bond acceptors (Lipinski definition) is 3. The molecule has 3 N–H and O–H groups in total. The number of nitrogens with one attached hydrogen (secondary N) is 1. The van der Waals surface area contributed by atoms with Crippen LogP contribution in [0.15, 0.2) is 18.2 Å². The number of amides is 1. The average Bonchev–Trinajstić information content (AvgIpc) is 2.31. The van der Waals surface area contributed by atoms with Crippen LogP contribution in [0.5, 0.6) is 5.75 Å². The van der Waals surface area contributed by atoms with Gasteiger partial charge in [-0.1, -0.05) is 13.0 Å². The first kappa shape index (κ1) is 12.9. The number of carbonyl (C=O) groups is 1. The molecule has 1 amide bonds. The van der Waals surface area contributed by atoms with E-state index in [0.29, 0.717) is 12.5 Å². The molecule has 2 atom stereocenters. The van der Waals surface area contributed by atoms with Gasteiger partial charge in [0, 0.05) is 0 Å². The second-order valence-corrected chi connectivity index (χ2v) is 4.97. The lowest BCUT2D eigenvalue weighted by atomic mass is 9.97. The van der Waals surface area contributed by atoms with Gasteiger partial charge < -0.3 is 15.8 Å². The highest BCUT2D eigenvalue weighted by Crippen LogP contribution is 2.31. The molecule has 4 heteroatoms. The molecule has 1 aromatic rings. The number of hydrogen-bond donors (Lipinski definition) is 2. The number of ether oxygens (including phenoxy) is 1. The quantitative estimate of drug-likeness (QED) is 0.855. The van der Waals surface area contributed by atoms with Crippen LogP contribution in [-0.2, 0) is 11.2 Å². The van der Waals surface area contributed by atoms with E-state index in [-0.39, 0.29) is 5.91 Å². The van der Waals surface area contributed by atoms with Crippen LogP contribution >= 0.6 is 0 Å². The van der Waals surface area contributed by atoms with Gasteiger partial charge in [-0.05, 0) is 49.9 Å². The van der Waals surface area contributed by atoms with E-state index in [2.05, 4.69) is 18.3 Å². The molecule has 0 bridgehead atoms. The summed E-state index contributed by atoms with van der Waals surface area (Å²) in [5.74, 6) is 1.21. The number of benzene rings is 1. The van der Waals surface area contributed by atoms with Crippen LogP contribution in [0.3, 0.4) is 0 Å². The summed E-state index contributed by atoms with van der Waals surface area (Å²) in [6.45, 7) is 4.64. The summed E-state index contributed by atoms with van der Waals surface area (Å²) >= 11 is 0. The number of fused-ring (bicyclic) bond motifs is 1. The molecule has 1 aliphatic rings. The van der Waals surface area contributed by atoms with Gasteiger partial charge >= 0.3 is 0 Å². The highest BCUT2D eigenvalue weighted by atomic mass is 16.5. The molecule has 2 unspecified atom stereocenters. The fraction of sp³-hybridized carbons (Fsp3) is 0.500. The molecule has 1 aromatic carbocycles.